The van der Waals surface area contributed by atoms with Gasteiger partial charge < -0.3 is 15.4 Å². The zero-order chi connectivity index (χ0) is 19.8. The Kier molecular flexibility index (Phi) is 7.82. The minimum Gasteiger partial charge on any atom is -0.379 e. The number of hydrogen-bond acceptors (Lipinski definition) is 5. The molecule has 3 rings (SSSR count). The number of hydrogen-bond donors (Lipinski definition) is 2. The second-order valence-corrected chi connectivity index (χ2v) is 8.20. The van der Waals surface area contributed by atoms with Crippen LogP contribution in [0.4, 0.5) is 0 Å². The first-order valence-electron chi connectivity index (χ1n) is 9.93. The number of thiazole rings is 1. The van der Waals surface area contributed by atoms with Crippen LogP contribution in [0.25, 0.3) is 11.3 Å². The topological polar surface area (TPSA) is 61.8 Å². The largest absolute Gasteiger partial charge is 0.379 e. The van der Waals surface area contributed by atoms with Crippen molar-refractivity contribution in [2.75, 3.05) is 39.9 Å². The Bertz CT molecular complexity index is 740. The number of morpholine rings is 1. The fourth-order valence-corrected chi connectivity index (χ4v) is 4.15. The lowest BCUT2D eigenvalue weighted by molar-refractivity contribution is 0.00752. The molecule has 0 amide bonds. The molecule has 152 valence electrons. The molecule has 0 bridgehead atoms. The van der Waals surface area contributed by atoms with Gasteiger partial charge in [-0.1, -0.05) is 44.2 Å². The Hall–Kier alpha value is -1.96. The van der Waals surface area contributed by atoms with E-state index in [2.05, 4.69) is 51.9 Å². The second-order valence-electron chi connectivity index (χ2n) is 7.26. The molecular formula is C21H31N5OS. The Morgan fingerprint density at radius 1 is 1.21 bits per heavy atom. The SMILES string of the molecule is CN=C(NCc1nc(-c2ccccc2)cs1)NCC(C(C)C)N1CCOCC1. The summed E-state index contributed by atoms with van der Waals surface area (Å²) in [6.45, 7) is 9.73. The van der Waals surface area contributed by atoms with Crippen LogP contribution in [0.5, 0.6) is 0 Å². The molecule has 28 heavy (non-hydrogen) atoms. The first-order chi connectivity index (χ1) is 13.7. The first-order valence-corrected chi connectivity index (χ1v) is 10.8. The van der Waals surface area contributed by atoms with Gasteiger partial charge in [-0.2, -0.15) is 0 Å². The Balaban J connectivity index is 1.51. The number of rotatable bonds is 7. The molecule has 7 heteroatoms. The zero-order valence-electron chi connectivity index (χ0n) is 17.0. The van der Waals surface area contributed by atoms with Gasteiger partial charge in [0, 0.05) is 43.7 Å². The number of nitrogens with zero attached hydrogens (tertiary/aromatic N) is 3. The van der Waals surface area contributed by atoms with Gasteiger partial charge >= 0.3 is 0 Å². The minimum absolute atomic E-state index is 0.465. The summed E-state index contributed by atoms with van der Waals surface area (Å²) in [7, 11) is 1.81. The predicted octanol–water partition coefficient (Wildman–Crippen LogP) is 2.83. The van der Waals surface area contributed by atoms with Crippen molar-refractivity contribution in [3.8, 4) is 11.3 Å². The standard InChI is InChI=1S/C21H31N5OS/c1-16(2)19(26-9-11-27-12-10-26)13-23-21(22-3)24-14-20-25-18(15-28-20)17-7-5-4-6-8-17/h4-8,15-16,19H,9-14H2,1-3H3,(H2,22,23,24). The summed E-state index contributed by atoms with van der Waals surface area (Å²) in [6, 6.07) is 10.7. The summed E-state index contributed by atoms with van der Waals surface area (Å²) < 4.78 is 5.49. The van der Waals surface area contributed by atoms with E-state index in [1.807, 2.05) is 25.2 Å². The predicted molar refractivity (Wildman–Crippen MR) is 117 cm³/mol. The van der Waals surface area contributed by atoms with Crippen molar-refractivity contribution in [3.05, 3.63) is 40.7 Å². The maximum Gasteiger partial charge on any atom is 0.191 e. The van der Waals surface area contributed by atoms with Crippen molar-refractivity contribution in [3.63, 3.8) is 0 Å². The third-order valence-electron chi connectivity index (χ3n) is 5.01. The van der Waals surface area contributed by atoms with Gasteiger partial charge in [-0.05, 0) is 5.92 Å². The molecule has 0 saturated carbocycles. The van der Waals surface area contributed by atoms with E-state index in [9.17, 15) is 0 Å². The average molecular weight is 402 g/mol. The van der Waals surface area contributed by atoms with E-state index in [-0.39, 0.29) is 0 Å². The molecule has 2 N–H and O–H groups in total. The van der Waals surface area contributed by atoms with Crippen molar-refractivity contribution >= 4 is 17.3 Å². The molecule has 1 saturated heterocycles. The summed E-state index contributed by atoms with van der Waals surface area (Å²) in [5.74, 6) is 1.38. The molecule has 1 unspecified atom stereocenters. The normalized spacial score (nSPS) is 16.9. The lowest BCUT2D eigenvalue weighted by Crippen LogP contribution is -2.52. The molecule has 1 aliphatic rings. The molecule has 1 atom stereocenters. The molecule has 0 spiro atoms. The van der Waals surface area contributed by atoms with Crippen LogP contribution in [0.2, 0.25) is 0 Å². The molecule has 1 aromatic carbocycles. The highest BCUT2D eigenvalue weighted by Gasteiger charge is 2.23. The van der Waals surface area contributed by atoms with Crippen LogP contribution in [-0.2, 0) is 11.3 Å². The second kappa shape index (κ2) is 10.5. The van der Waals surface area contributed by atoms with Gasteiger partial charge in [-0.3, -0.25) is 9.89 Å². The van der Waals surface area contributed by atoms with Gasteiger partial charge in [0.2, 0.25) is 0 Å². The van der Waals surface area contributed by atoms with E-state index < -0.39 is 0 Å². The summed E-state index contributed by atoms with van der Waals surface area (Å²) >= 11 is 1.67. The van der Waals surface area contributed by atoms with Gasteiger partial charge in [0.1, 0.15) is 5.01 Å². The van der Waals surface area contributed by atoms with Crippen LogP contribution < -0.4 is 10.6 Å². The van der Waals surface area contributed by atoms with E-state index >= 15 is 0 Å². The third-order valence-corrected chi connectivity index (χ3v) is 5.86. The lowest BCUT2D eigenvalue weighted by Gasteiger charge is -2.37. The highest BCUT2D eigenvalue weighted by atomic mass is 32.1. The van der Waals surface area contributed by atoms with Crippen LogP contribution >= 0.6 is 11.3 Å². The van der Waals surface area contributed by atoms with Crippen molar-refractivity contribution in [2.24, 2.45) is 10.9 Å². The summed E-state index contributed by atoms with van der Waals surface area (Å²) in [5.41, 5.74) is 2.18. The number of aliphatic imine (C=N–C) groups is 1. The molecule has 1 fully saturated rings. The fraction of sp³-hybridized carbons (Fsp3) is 0.524. The molecule has 2 heterocycles. The van der Waals surface area contributed by atoms with Gasteiger partial charge in [0.05, 0.1) is 25.5 Å². The molecular weight excluding hydrogens is 370 g/mol. The van der Waals surface area contributed by atoms with Crippen LogP contribution in [0.3, 0.4) is 0 Å². The average Bonchev–Trinajstić information content (AvgIpc) is 3.21. The third kappa shape index (κ3) is 5.77. The summed E-state index contributed by atoms with van der Waals surface area (Å²) in [4.78, 5) is 11.6. The Morgan fingerprint density at radius 2 is 1.96 bits per heavy atom. The molecule has 0 radical (unpaired) electrons. The van der Waals surface area contributed by atoms with Crippen molar-refractivity contribution in [1.82, 2.24) is 20.5 Å². The Labute approximate surface area is 172 Å². The quantitative estimate of drug-likeness (QED) is 0.552. The lowest BCUT2D eigenvalue weighted by atomic mass is 10.0. The van der Waals surface area contributed by atoms with Crippen molar-refractivity contribution in [2.45, 2.75) is 26.4 Å². The number of ether oxygens (including phenoxy) is 1. The van der Waals surface area contributed by atoms with Crippen LogP contribution in [0.1, 0.15) is 18.9 Å². The van der Waals surface area contributed by atoms with Crippen LogP contribution in [0, 0.1) is 5.92 Å². The van der Waals surface area contributed by atoms with Crippen molar-refractivity contribution < 1.29 is 4.74 Å². The van der Waals surface area contributed by atoms with E-state index in [1.165, 1.54) is 0 Å². The van der Waals surface area contributed by atoms with Crippen LogP contribution in [-0.4, -0.2) is 61.8 Å². The number of benzene rings is 1. The monoisotopic (exact) mass is 401 g/mol. The van der Waals surface area contributed by atoms with Crippen LogP contribution in [0.15, 0.2) is 40.7 Å². The first kappa shape index (κ1) is 20.8. The van der Waals surface area contributed by atoms with Gasteiger partial charge in [0.15, 0.2) is 5.96 Å². The Morgan fingerprint density at radius 3 is 2.64 bits per heavy atom. The number of nitrogens with one attached hydrogen (secondary N) is 2. The van der Waals surface area contributed by atoms with Gasteiger partial charge in [0.25, 0.3) is 0 Å². The van der Waals surface area contributed by atoms with E-state index in [4.69, 9.17) is 9.72 Å². The van der Waals surface area contributed by atoms with Gasteiger partial charge in [-0.25, -0.2) is 4.98 Å². The van der Waals surface area contributed by atoms with E-state index in [0.29, 0.717) is 18.5 Å². The summed E-state index contributed by atoms with van der Waals surface area (Å²) in [5, 5.41) is 10.0. The number of aromatic nitrogens is 1. The minimum atomic E-state index is 0.465. The maximum absolute atomic E-state index is 5.49. The maximum atomic E-state index is 5.49. The highest BCUT2D eigenvalue weighted by molar-refractivity contribution is 7.09. The fourth-order valence-electron chi connectivity index (χ4n) is 3.41. The molecule has 1 aliphatic heterocycles. The van der Waals surface area contributed by atoms with E-state index in [1.54, 1.807) is 11.3 Å². The van der Waals surface area contributed by atoms with Gasteiger partial charge in [-0.15, -0.1) is 11.3 Å². The molecule has 6 nitrogen and oxygen atoms in total. The van der Waals surface area contributed by atoms with E-state index in [0.717, 1.165) is 55.1 Å². The highest BCUT2D eigenvalue weighted by Crippen LogP contribution is 2.21. The molecule has 2 aromatic rings. The number of guanidine groups is 1. The zero-order valence-corrected chi connectivity index (χ0v) is 17.8. The van der Waals surface area contributed by atoms with Crippen molar-refractivity contribution in [1.29, 1.82) is 0 Å². The molecule has 0 aliphatic carbocycles. The molecule has 1 aromatic heterocycles. The smallest absolute Gasteiger partial charge is 0.191 e. The summed E-state index contributed by atoms with van der Waals surface area (Å²) in [6.07, 6.45) is 0.